The first-order valence-electron chi connectivity index (χ1n) is 5.96. The van der Waals surface area contributed by atoms with E-state index in [1.165, 1.54) is 0 Å². The molecule has 0 saturated carbocycles. The van der Waals surface area contributed by atoms with Gasteiger partial charge in [-0.1, -0.05) is 23.7 Å². The molecule has 3 N–H and O–H groups in total. The first-order valence-corrected chi connectivity index (χ1v) is 6.34. The summed E-state index contributed by atoms with van der Waals surface area (Å²) in [5.41, 5.74) is 6.70. The van der Waals surface area contributed by atoms with E-state index in [-0.39, 0.29) is 5.54 Å². The van der Waals surface area contributed by atoms with Gasteiger partial charge in [-0.3, -0.25) is 0 Å². The number of halogens is 1. The topological polar surface area (TPSA) is 47.3 Å². The summed E-state index contributed by atoms with van der Waals surface area (Å²) in [6.45, 7) is 4.29. The maximum absolute atomic E-state index is 6.16. The van der Waals surface area contributed by atoms with Gasteiger partial charge in [-0.05, 0) is 25.5 Å². The molecule has 1 aliphatic heterocycles. The number of para-hydroxylation sites is 1. The predicted octanol–water partition coefficient (Wildman–Crippen LogP) is 2.51. The molecule has 2 rings (SSSR count). The van der Waals surface area contributed by atoms with Crippen LogP contribution in [0.5, 0.6) is 0 Å². The van der Waals surface area contributed by atoms with Crippen molar-refractivity contribution in [3.8, 4) is 0 Å². The number of nitrogens with one attached hydrogen (secondary N) is 1. The van der Waals surface area contributed by atoms with Gasteiger partial charge in [0, 0.05) is 19.1 Å². The van der Waals surface area contributed by atoms with Crippen LogP contribution in [0.1, 0.15) is 13.3 Å². The second-order valence-corrected chi connectivity index (χ2v) is 5.19. The van der Waals surface area contributed by atoms with Gasteiger partial charge < -0.3 is 15.8 Å². The largest absolute Gasteiger partial charge is 0.381 e. The average Bonchev–Trinajstić information content (AvgIpc) is 2.86. The Labute approximate surface area is 107 Å². The standard InChI is InChI=1S/C13H19ClN2O/c1-13(9-15,10-6-7-17-8-10)16-12-5-3-2-4-11(12)14/h2-5,10,16H,6-9,15H2,1H3. The van der Waals surface area contributed by atoms with E-state index < -0.39 is 0 Å². The Kier molecular flexibility index (Phi) is 3.92. The lowest BCUT2D eigenvalue weighted by molar-refractivity contribution is 0.172. The van der Waals surface area contributed by atoms with Crippen molar-refractivity contribution in [3.63, 3.8) is 0 Å². The number of hydrogen-bond acceptors (Lipinski definition) is 3. The smallest absolute Gasteiger partial charge is 0.0637 e. The fraction of sp³-hybridized carbons (Fsp3) is 0.538. The van der Waals surface area contributed by atoms with Gasteiger partial charge in [0.1, 0.15) is 0 Å². The molecule has 1 saturated heterocycles. The number of anilines is 1. The van der Waals surface area contributed by atoms with Gasteiger partial charge in [-0.25, -0.2) is 0 Å². The number of nitrogens with two attached hydrogens (primary N) is 1. The molecule has 2 atom stereocenters. The molecule has 0 amide bonds. The highest BCUT2D eigenvalue weighted by Gasteiger charge is 2.35. The molecule has 0 bridgehead atoms. The SMILES string of the molecule is CC(CN)(Nc1ccccc1Cl)C1CCOC1. The molecule has 1 fully saturated rings. The molecule has 0 spiro atoms. The molecule has 1 aromatic rings. The Balaban J connectivity index is 2.16. The maximum atomic E-state index is 6.16. The van der Waals surface area contributed by atoms with Crippen LogP contribution in [-0.4, -0.2) is 25.3 Å². The number of ether oxygens (including phenoxy) is 1. The number of rotatable bonds is 4. The van der Waals surface area contributed by atoms with Crippen LogP contribution in [0.2, 0.25) is 5.02 Å². The van der Waals surface area contributed by atoms with Gasteiger partial charge in [0.2, 0.25) is 0 Å². The average molecular weight is 255 g/mol. The summed E-state index contributed by atoms with van der Waals surface area (Å²) >= 11 is 6.16. The third-order valence-corrected chi connectivity index (χ3v) is 3.88. The van der Waals surface area contributed by atoms with E-state index in [1.807, 2.05) is 24.3 Å². The molecule has 94 valence electrons. The second-order valence-electron chi connectivity index (χ2n) is 4.79. The van der Waals surface area contributed by atoms with Gasteiger partial charge in [0.15, 0.2) is 0 Å². The zero-order valence-electron chi connectivity index (χ0n) is 10.1. The first-order chi connectivity index (χ1) is 8.15. The summed E-state index contributed by atoms with van der Waals surface area (Å²) in [4.78, 5) is 0. The summed E-state index contributed by atoms with van der Waals surface area (Å²) < 4.78 is 5.44. The van der Waals surface area contributed by atoms with Crippen LogP contribution in [0.3, 0.4) is 0 Å². The molecule has 1 aromatic carbocycles. The summed E-state index contributed by atoms with van der Waals surface area (Å²) in [6.07, 6.45) is 1.05. The predicted molar refractivity (Wildman–Crippen MR) is 71.5 cm³/mol. The molecule has 4 heteroatoms. The molecular weight excluding hydrogens is 236 g/mol. The third kappa shape index (κ3) is 2.73. The van der Waals surface area contributed by atoms with Crippen LogP contribution in [-0.2, 0) is 4.74 Å². The van der Waals surface area contributed by atoms with Gasteiger partial charge in [0.25, 0.3) is 0 Å². The number of benzene rings is 1. The summed E-state index contributed by atoms with van der Waals surface area (Å²) in [5.74, 6) is 0.434. The van der Waals surface area contributed by atoms with Crippen LogP contribution < -0.4 is 11.1 Å². The third-order valence-electron chi connectivity index (χ3n) is 3.55. The quantitative estimate of drug-likeness (QED) is 0.868. The molecule has 0 radical (unpaired) electrons. The number of hydrogen-bond donors (Lipinski definition) is 2. The minimum atomic E-state index is -0.165. The lowest BCUT2D eigenvalue weighted by Crippen LogP contribution is -2.49. The Morgan fingerprint density at radius 3 is 2.88 bits per heavy atom. The van der Waals surface area contributed by atoms with E-state index in [2.05, 4.69) is 12.2 Å². The zero-order valence-corrected chi connectivity index (χ0v) is 10.8. The van der Waals surface area contributed by atoms with Crippen molar-refractivity contribution in [2.75, 3.05) is 25.1 Å². The normalized spacial score (nSPS) is 23.4. The monoisotopic (exact) mass is 254 g/mol. The van der Waals surface area contributed by atoms with E-state index >= 15 is 0 Å². The molecular formula is C13H19ClN2O. The highest BCUT2D eigenvalue weighted by Crippen LogP contribution is 2.31. The highest BCUT2D eigenvalue weighted by atomic mass is 35.5. The van der Waals surface area contributed by atoms with Crippen LogP contribution in [0.25, 0.3) is 0 Å². The molecule has 17 heavy (non-hydrogen) atoms. The van der Waals surface area contributed by atoms with Crippen molar-refractivity contribution < 1.29 is 4.74 Å². The molecule has 2 unspecified atom stereocenters. The Morgan fingerprint density at radius 1 is 1.53 bits per heavy atom. The van der Waals surface area contributed by atoms with Gasteiger partial charge in [-0.2, -0.15) is 0 Å². The van der Waals surface area contributed by atoms with Crippen molar-refractivity contribution in [1.82, 2.24) is 0 Å². The van der Waals surface area contributed by atoms with Crippen molar-refractivity contribution >= 4 is 17.3 Å². The lowest BCUT2D eigenvalue weighted by atomic mass is 9.84. The summed E-state index contributed by atoms with van der Waals surface area (Å²) in [7, 11) is 0. The van der Waals surface area contributed by atoms with Crippen LogP contribution in [0, 0.1) is 5.92 Å². The zero-order chi connectivity index (χ0) is 12.3. The van der Waals surface area contributed by atoms with Gasteiger partial charge in [-0.15, -0.1) is 0 Å². The van der Waals surface area contributed by atoms with E-state index in [1.54, 1.807) is 0 Å². The first kappa shape index (κ1) is 12.7. The van der Waals surface area contributed by atoms with E-state index in [9.17, 15) is 0 Å². The Hall–Kier alpha value is -0.770. The lowest BCUT2D eigenvalue weighted by Gasteiger charge is -2.36. The van der Waals surface area contributed by atoms with E-state index in [0.29, 0.717) is 12.5 Å². The van der Waals surface area contributed by atoms with Gasteiger partial charge >= 0.3 is 0 Å². The van der Waals surface area contributed by atoms with Crippen LogP contribution >= 0.6 is 11.6 Å². The van der Waals surface area contributed by atoms with Crippen LogP contribution in [0.4, 0.5) is 5.69 Å². The fourth-order valence-electron chi connectivity index (χ4n) is 2.23. The Morgan fingerprint density at radius 2 is 2.29 bits per heavy atom. The molecule has 0 aromatic heterocycles. The molecule has 1 aliphatic rings. The van der Waals surface area contributed by atoms with Crippen molar-refractivity contribution in [2.45, 2.75) is 18.9 Å². The van der Waals surface area contributed by atoms with E-state index in [0.717, 1.165) is 30.3 Å². The summed E-state index contributed by atoms with van der Waals surface area (Å²) in [5, 5.41) is 4.21. The minimum absolute atomic E-state index is 0.165. The minimum Gasteiger partial charge on any atom is -0.381 e. The van der Waals surface area contributed by atoms with E-state index in [4.69, 9.17) is 22.1 Å². The Bertz CT molecular complexity index is 379. The molecule has 3 nitrogen and oxygen atoms in total. The fourth-order valence-corrected chi connectivity index (χ4v) is 2.41. The van der Waals surface area contributed by atoms with Crippen molar-refractivity contribution in [2.24, 2.45) is 11.7 Å². The summed E-state index contributed by atoms with van der Waals surface area (Å²) in [6, 6.07) is 7.75. The van der Waals surface area contributed by atoms with Crippen molar-refractivity contribution in [3.05, 3.63) is 29.3 Å². The maximum Gasteiger partial charge on any atom is 0.0637 e. The van der Waals surface area contributed by atoms with Gasteiger partial charge in [0.05, 0.1) is 22.9 Å². The highest BCUT2D eigenvalue weighted by molar-refractivity contribution is 6.33. The molecule has 0 aliphatic carbocycles. The van der Waals surface area contributed by atoms with Crippen LogP contribution in [0.15, 0.2) is 24.3 Å². The second kappa shape index (κ2) is 5.25. The molecule has 1 heterocycles. The van der Waals surface area contributed by atoms with Crippen molar-refractivity contribution in [1.29, 1.82) is 0 Å².